The second kappa shape index (κ2) is 11.2. The number of ether oxygens (including phenoxy) is 2. The van der Waals surface area contributed by atoms with Gasteiger partial charge in [0.1, 0.15) is 5.82 Å². The van der Waals surface area contributed by atoms with Gasteiger partial charge in [-0.3, -0.25) is 4.79 Å². The van der Waals surface area contributed by atoms with Crippen LogP contribution in [0.4, 0.5) is 13.2 Å². The van der Waals surface area contributed by atoms with Crippen molar-refractivity contribution in [1.82, 2.24) is 14.5 Å². The first-order valence-electron chi connectivity index (χ1n) is 13.9. The van der Waals surface area contributed by atoms with E-state index in [1.807, 2.05) is 49.7 Å². The molecular weight excluding hydrogens is 543 g/mol. The molecule has 0 radical (unpaired) electrons. The van der Waals surface area contributed by atoms with Crippen molar-refractivity contribution < 1.29 is 27.4 Å². The molecule has 0 bridgehead atoms. The zero-order valence-corrected chi connectivity index (χ0v) is 23.6. The van der Waals surface area contributed by atoms with Crippen LogP contribution in [0, 0.1) is 31.3 Å². The minimum absolute atomic E-state index is 0.204. The lowest BCUT2D eigenvalue weighted by atomic mass is 9.91. The summed E-state index contributed by atoms with van der Waals surface area (Å²) in [7, 11) is 1.98. The molecule has 6 nitrogen and oxygen atoms in total. The Morgan fingerprint density at radius 2 is 1.95 bits per heavy atom. The van der Waals surface area contributed by atoms with Gasteiger partial charge in [0.15, 0.2) is 29.5 Å². The molecule has 0 aliphatic carbocycles. The Morgan fingerprint density at radius 3 is 2.69 bits per heavy atom. The molecule has 1 saturated heterocycles. The molecule has 42 heavy (non-hydrogen) atoms. The number of halogens is 3. The Hall–Kier alpha value is -4.21. The predicted molar refractivity (Wildman–Crippen MR) is 156 cm³/mol. The van der Waals surface area contributed by atoms with Gasteiger partial charge in [-0.05, 0) is 62.4 Å². The van der Waals surface area contributed by atoms with E-state index in [1.54, 1.807) is 6.07 Å². The number of aryl methyl sites for hydroxylation is 3. The highest BCUT2D eigenvalue weighted by atomic mass is 19.2. The van der Waals surface area contributed by atoms with Crippen LogP contribution in [0.15, 0.2) is 48.7 Å². The van der Waals surface area contributed by atoms with E-state index in [9.17, 15) is 18.0 Å². The zero-order valence-electron chi connectivity index (χ0n) is 23.6. The van der Waals surface area contributed by atoms with E-state index in [0.29, 0.717) is 36.2 Å². The van der Waals surface area contributed by atoms with Gasteiger partial charge in [-0.1, -0.05) is 30.4 Å². The number of hydrogen-bond donors (Lipinski definition) is 1. The minimum atomic E-state index is -1.61. The van der Waals surface area contributed by atoms with Crippen LogP contribution in [0.2, 0.25) is 0 Å². The summed E-state index contributed by atoms with van der Waals surface area (Å²) in [6, 6.07) is 9.08. The summed E-state index contributed by atoms with van der Waals surface area (Å²) in [6.07, 6.45) is 8.29. The maximum Gasteiger partial charge on any atom is 0.195 e. The Labute approximate surface area is 240 Å². The number of rotatable bonds is 7. The minimum Gasteiger partial charge on any atom is -0.360 e. The van der Waals surface area contributed by atoms with E-state index < -0.39 is 23.2 Å². The Morgan fingerprint density at radius 1 is 1.17 bits per heavy atom. The van der Waals surface area contributed by atoms with Crippen LogP contribution < -0.4 is 0 Å². The summed E-state index contributed by atoms with van der Waals surface area (Å²) >= 11 is 0. The fourth-order valence-electron chi connectivity index (χ4n) is 5.68. The Kier molecular flexibility index (Phi) is 7.47. The van der Waals surface area contributed by atoms with Crippen LogP contribution in [0.25, 0.3) is 39.1 Å². The van der Waals surface area contributed by atoms with Crippen molar-refractivity contribution in [3.05, 3.63) is 94.2 Å². The average molecular weight is 574 g/mol. The number of hydrogen-bond acceptors (Lipinski definition) is 4. The van der Waals surface area contributed by atoms with E-state index in [1.165, 1.54) is 6.20 Å². The number of nitrogens with one attached hydrogen (secondary N) is 1. The summed E-state index contributed by atoms with van der Waals surface area (Å²) in [5, 5.41) is 0.576. The number of aromatic nitrogens is 3. The molecule has 9 heteroatoms. The van der Waals surface area contributed by atoms with Gasteiger partial charge in [0.05, 0.1) is 23.2 Å². The third kappa shape index (κ3) is 4.92. The highest BCUT2D eigenvalue weighted by Gasteiger charge is 2.22. The Balaban J connectivity index is 1.45. The summed E-state index contributed by atoms with van der Waals surface area (Å²) in [5.41, 5.74) is 6.11. The molecule has 3 heterocycles. The lowest BCUT2D eigenvalue weighted by molar-refractivity contribution is -0.155. The van der Waals surface area contributed by atoms with Crippen LogP contribution in [0.1, 0.15) is 52.1 Å². The molecule has 0 amide bonds. The first kappa shape index (κ1) is 27.9. The number of ketones is 1. The van der Waals surface area contributed by atoms with Gasteiger partial charge in [-0.25, -0.2) is 18.2 Å². The zero-order chi connectivity index (χ0) is 29.5. The number of carbonyl (C=O) groups is 1. The van der Waals surface area contributed by atoms with Gasteiger partial charge in [0.25, 0.3) is 0 Å². The maximum absolute atomic E-state index is 13.9. The van der Waals surface area contributed by atoms with Crippen LogP contribution in [0.3, 0.4) is 0 Å². The first-order chi connectivity index (χ1) is 20.2. The highest BCUT2D eigenvalue weighted by Crippen LogP contribution is 2.39. The quantitative estimate of drug-likeness (QED) is 0.161. The van der Waals surface area contributed by atoms with Crippen molar-refractivity contribution in [2.45, 2.75) is 39.4 Å². The second-order valence-corrected chi connectivity index (χ2v) is 10.6. The van der Waals surface area contributed by atoms with E-state index in [0.717, 1.165) is 58.4 Å². The molecule has 1 atom stereocenters. The third-order valence-corrected chi connectivity index (χ3v) is 7.91. The average Bonchev–Trinajstić information content (AvgIpc) is 3.54. The highest BCUT2D eigenvalue weighted by molar-refractivity contribution is 6.18. The molecule has 1 N–H and O–H groups in total. The fraction of sp³-hybridized carbons (Fsp3) is 0.273. The van der Waals surface area contributed by atoms with Gasteiger partial charge >= 0.3 is 0 Å². The summed E-state index contributed by atoms with van der Waals surface area (Å²) in [6.45, 7) is 5.07. The molecule has 1 fully saturated rings. The summed E-state index contributed by atoms with van der Waals surface area (Å²) in [4.78, 5) is 21.4. The maximum atomic E-state index is 13.9. The summed E-state index contributed by atoms with van der Waals surface area (Å²) in [5.74, 6) is -4.19. The molecule has 1 aliphatic heterocycles. The van der Waals surface area contributed by atoms with Crippen molar-refractivity contribution in [2.24, 2.45) is 7.05 Å². The molecule has 1 aliphatic rings. The predicted octanol–water partition coefficient (Wildman–Crippen LogP) is 7.54. The molecule has 2 aromatic heterocycles. The Bertz CT molecular complexity index is 1840. The summed E-state index contributed by atoms with van der Waals surface area (Å²) < 4.78 is 55.0. The number of para-hydroxylation sites is 1. The third-order valence-electron chi connectivity index (χ3n) is 7.91. The molecule has 0 spiro atoms. The van der Waals surface area contributed by atoms with Gasteiger partial charge < -0.3 is 19.0 Å². The number of benzene rings is 3. The van der Waals surface area contributed by atoms with Crippen LogP contribution in [0.5, 0.6) is 0 Å². The number of fused-ring (bicyclic) bond motifs is 2. The number of carbonyl (C=O) groups excluding carboxylic acids is 1. The van der Waals surface area contributed by atoms with Gasteiger partial charge in [-0.2, -0.15) is 0 Å². The van der Waals surface area contributed by atoms with Gasteiger partial charge in [-0.15, -0.1) is 0 Å². The van der Waals surface area contributed by atoms with Crippen molar-refractivity contribution in [3.8, 4) is 11.1 Å². The topological polar surface area (TPSA) is 69.1 Å². The molecule has 0 saturated carbocycles. The molecule has 1 unspecified atom stereocenters. The van der Waals surface area contributed by atoms with E-state index >= 15 is 0 Å². The molecule has 3 aromatic carbocycles. The number of imidazole rings is 1. The van der Waals surface area contributed by atoms with Crippen molar-refractivity contribution >= 4 is 33.8 Å². The van der Waals surface area contributed by atoms with Crippen LogP contribution >= 0.6 is 0 Å². The molecular formula is C33H30F3N3O3. The van der Waals surface area contributed by atoms with Crippen LogP contribution in [-0.4, -0.2) is 39.8 Å². The van der Waals surface area contributed by atoms with Crippen molar-refractivity contribution in [1.29, 1.82) is 0 Å². The second-order valence-electron chi connectivity index (χ2n) is 10.6. The molecule has 6 rings (SSSR count). The monoisotopic (exact) mass is 573 g/mol. The standard InChI is InChI=1S/C33H30F3N3O3/c1-18-14-27-32(38-19(2)39(27)3)23(10-7-13-42-28-11-4-5-12-41-28)29(18)22-9-6-8-21-24(17-37-31(21)22)33(40)20-15-25(34)30(36)26(35)16-20/h6-10,14-17,28,37H,4-5,11-13H2,1-3H3. The SMILES string of the molecule is Cc1cc2c(nc(C)n2C)c(C=CCOC2CCCCO2)c1-c1cccc2c(C(=O)c3cc(F)c(F)c(F)c3)c[nH]c12. The fourth-order valence-corrected chi connectivity index (χ4v) is 5.68. The number of aromatic amines is 1. The van der Waals surface area contributed by atoms with Gasteiger partial charge in [0, 0.05) is 47.5 Å². The lowest BCUT2D eigenvalue weighted by Gasteiger charge is -2.21. The van der Waals surface area contributed by atoms with Gasteiger partial charge in [0.2, 0.25) is 0 Å². The van der Waals surface area contributed by atoms with E-state index in [2.05, 4.69) is 11.1 Å². The van der Waals surface area contributed by atoms with Crippen molar-refractivity contribution in [2.75, 3.05) is 13.2 Å². The molecule has 5 aromatic rings. The first-order valence-corrected chi connectivity index (χ1v) is 13.9. The largest absolute Gasteiger partial charge is 0.360 e. The smallest absolute Gasteiger partial charge is 0.195 e. The van der Waals surface area contributed by atoms with Crippen LogP contribution in [-0.2, 0) is 16.5 Å². The van der Waals surface area contributed by atoms with E-state index in [-0.39, 0.29) is 17.4 Å². The molecule has 216 valence electrons. The number of H-pyrrole nitrogens is 1. The van der Waals surface area contributed by atoms with E-state index in [4.69, 9.17) is 14.5 Å². The number of nitrogens with zero attached hydrogens (tertiary/aromatic N) is 2. The van der Waals surface area contributed by atoms with Crippen molar-refractivity contribution in [3.63, 3.8) is 0 Å². The lowest BCUT2D eigenvalue weighted by Crippen LogP contribution is -2.22. The normalized spacial score (nSPS) is 15.8.